The van der Waals surface area contributed by atoms with Gasteiger partial charge in [0.2, 0.25) is 5.91 Å². The van der Waals surface area contributed by atoms with Crippen LogP contribution in [0.5, 0.6) is 0 Å². The van der Waals surface area contributed by atoms with Crippen molar-refractivity contribution in [3.63, 3.8) is 0 Å². The van der Waals surface area contributed by atoms with Crippen LogP contribution in [-0.4, -0.2) is 18.0 Å². The molecule has 3 nitrogen and oxygen atoms in total. The zero-order chi connectivity index (χ0) is 17.6. The Kier molecular flexibility index (Phi) is 6.27. The molecule has 1 aliphatic rings. The topological polar surface area (TPSA) is 41.1 Å². The predicted molar refractivity (Wildman–Crippen MR) is 105 cm³/mol. The molecule has 1 amide bonds. The van der Waals surface area contributed by atoms with E-state index in [1.54, 1.807) is 11.3 Å². The van der Waals surface area contributed by atoms with Gasteiger partial charge >= 0.3 is 0 Å². The maximum atomic E-state index is 12.6. The molecule has 0 spiro atoms. The minimum Gasteiger partial charge on any atom is -0.352 e. The summed E-state index contributed by atoms with van der Waals surface area (Å²) < 4.78 is 0. The summed E-state index contributed by atoms with van der Waals surface area (Å²) in [6.07, 6.45) is 5.99. The van der Waals surface area contributed by atoms with E-state index in [1.165, 1.54) is 35.3 Å². The van der Waals surface area contributed by atoms with Gasteiger partial charge in [-0.3, -0.25) is 10.1 Å². The van der Waals surface area contributed by atoms with E-state index in [-0.39, 0.29) is 18.0 Å². The van der Waals surface area contributed by atoms with Gasteiger partial charge in [-0.1, -0.05) is 55.2 Å². The van der Waals surface area contributed by atoms with Gasteiger partial charge in [-0.05, 0) is 43.7 Å². The number of thiophene rings is 1. The molecule has 1 saturated carbocycles. The molecule has 3 rings (SSSR count). The number of nitrogens with one attached hydrogen (secondary N) is 2. The van der Waals surface area contributed by atoms with Crippen LogP contribution in [0.15, 0.2) is 41.8 Å². The minimum absolute atomic E-state index is 0.0488. The van der Waals surface area contributed by atoms with Crippen molar-refractivity contribution in [2.75, 3.05) is 0 Å². The Morgan fingerprint density at radius 3 is 2.48 bits per heavy atom. The van der Waals surface area contributed by atoms with Crippen molar-refractivity contribution in [1.29, 1.82) is 0 Å². The van der Waals surface area contributed by atoms with E-state index in [0.717, 1.165) is 12.8 Å². The van der Waals surface area contributed by atoms with E-state index in [2.05, 4.69) is 59.3 Å². The van der Waals surface area contributed by atoms with Crippen LogP contribution >= 0.6 is 11.3 Å². The summed E-state index contributed by atoms with van der Waals surface area (Å²) in [5, 5.41) is 8.86. The molecule has 2 atom stereocenters. The van der Waals surface area contributed by atoms with Crippen molar-refractivity contribution >= 4 is 17.2 Å². The van der Waals surface area contributed by atoms with E-state index < -0.39 is 0 Å². The molecule has 25 heavy (non-hydrogen) atoms. The first-order valence-electron chi connectivity index (χ1n) is 9.30. The van der Waals surface area contributed by atoms with E-state index in [1.807, 2.05) is 6.92 Å². The first kappa shape index (κ1) is 18.2. The molecule has 0 radical (unpaired) electrons. The molecule has 0 unspecified atom stereocenters. The second-order valence-corrected chi connectivity index (χ2v) is 8.07. The lowest BCUT2D eigenvalue weighted by Gasteiger charge is -2.27. The molecule has 2 aromatic rings. The van der Waals surface area contributed by atoms with E-state index >= 15 is 0 Å². The molecule has 1 fully saturated rings. The maximum absolute atomic E-state index is 12.6. The van der Waals surface area contributed by atoms with E-state index in [9.17, 15) is 4.79 Å². The summed E-state index contributed by atoms with van der Waals surface area (Å²) in [5.74, 6) is 0.112. The fourth-order valence-electron chi connectivity index (χ4n) is 3.46. The van der Waals surface area contributed by atoms with Crippen molar-refractivity contribution in [2.45, 2.75) is 64.1 Å². The van der Waals surface area contributed by atoms with Crippen LogP contribution in [0.25, 0.3) is 0 Å². The fraction of sp³-hybridized carbons (Fsp3) is 0.476. The molecule has 1 aromatic carbocycles. The average molecular weight is 357 g/mol. The molecule has 1 heterocycles. The first-order chi connectivity index (χ1) is 12.1. The minimum atomic E-state index is -0.227. The van der Waals surface area contributed by atoms with Gasteiger partial charge in [0, 0.05) is 10.9 Å². The highest BCUT2D eigenvalue weighted by Gasteiger charge is 2.23. The zero-order valence-corrected chi connectivity index (χ0v) is 15.9. The van der Waals surface area contributed by atoms with Crippen LogP contribution in [0.2, 0.25) is 0 Å². The predicted octanol–water partition coefficient (Wildman–Crippen LogP) is 4.57. The number of benzene rings is 1. The smallest absolute Gasteiger partial charge is 0.237 e. The van der Waals surface area contributed by atoms with Crippen molar-refractivity contribution in [1.82, 2.24) is 10.6 Å². The first-order valence-corrected chi connectivity index (χ1v) is 10.2. The number of hydrogen-bond donors (Lipinski definition) is 2. The second-order valence-electron chi connectivity index (χ2n) is 7.09. The number of aryl methyl sites for hydroxylation is 1. The average Bonchev–Trinajstić information content (AvgIpc) is 3.15. The van der Waals surface area contributed by atoms with Crippen LogP contribution in [0.1, 0.15) is 61.1 Å². The second kappa shape index (κ2) is 8.63. The molecule has 4 heteroatoms. The van der Waals surface area contributed by atoms with Crippen LogP contribution in [0, 0.1) is 6.92 Å². The number of hydrogen-bond acceptors (Lipinski definition) is 3. The number of amides is 1. The molecule has 0 bridgehead atoms. The molecule has 2 N–H and O–H groups in total. The summed E-state index contributed by atoms with van der Waals surface area (Å²) in [6, 6.07) is 12.9. The van der Waals surface area contributed by atoms with E-state index in [0.29, 0.717) is 6.04 Å². The summed E-state index contributed by atoms with van der Waals surface area (Å²) in [5.41, 5.74) is 2.45. The SMILES string of the molecule is Cc1ccc([C@H](N[C@@H](C)C(=O)NC2CCCCC2)c2cccs2)cc1. The molecule has 0 saturated heterocycles. The number of rotatable bonds is 6. The van der Waals surface area contributed by atoms with E-state index in [4.69, 9.17) is 0 Å². The normalized spacial score (nSPS) is 17.8. The number of carbonyl (C=O) groups is 1. The monoisotopic (exact) mass is 356 g/mol. The highest BCUT2D eigenvalue weighted by atomic mass is 32.1. The lowest BCUT2D eigenvalue weighted by molar-refractivity contribution is -0.123. The third-order valence-electron chi connectivity index (χ3n) is 5.00. The van der Waals surface area contributed by atoms with Crippen LogP contribution in [0.3, 0.4) is 0 Å². The van der Waals surface area contributed by atoms with Crippen LogP contribution in [-0.2, 0) is 4.79 Å². The van der Waals surface area contributed by atoms with Gasteiger partial charge in [0.05, 0.1) is 12.1 Å². The molecule has 0 aliphatic heterocycles. The largest absolute Gasteiger partial charge is 0.352 e. The van der Waals surface area contributed by atoms with Crippen LogP contribution in [0.4, 0.5) is 0 Å². The van der Waals surface area contributed by atoms with Crippen molar-refractivity contribution in [3.8, 4) is 0 Å². The Hall–Kier alpha value is -1.65. The lowest BCUT2D eigenvalue weighted by Crippen LogP contribution is -2.47. The summed E-state index contributed by atoms with van der Waals surface area (Å²) >= 11 is 1.73. The zero-order valence-electron chi connectivity index (χ0n) is 15.1. The molecule has 1 aliphatic carbocycles. The number of carbonyl (C=O) groups excluding carboxylic acids is 1. The van der Waals surface area contributed by atoms with Gasteiger partial charge in [0.25, 0.3) is 0 Å². The van der Waals surface area contributed by atoms with Gasteiger partial charge in [-0.2, -0.15) is 0 Å². The summed E-state index contributed by atoms with van der Waals surface area (Å²) in [4.78, 5) is 13.9. The molecule has 134 valence electrons. The highest BCUT2D eigenvalue weighted by Crippen LogP contribution is 2.27. The van der Waals surface area contributed by atoms with Gasteiger partial charge < -0.3 is 5.32 Å². The Morgan fingerprint density at radius 2 is 1.84 bits per heavy atom. The molecular formula is C21H28N2OS. The maximum Gasteiger partial charge on any atom is 0.237 e. The Morgan fingerprint density at radius 1 is 1.12 bits per heavy atom. The summed E-state index contributed by atoms with van der Waals surface area (Å²) in [6.45, 7) is 4.06. The Bertz CT molecular complexity index is 660. The van der Waals surface area contributed by atoms with Crippen molar-refractivity contribution < 1.29 is 4.79 Å². The Balaban J connectivity index is 1.69. The third kappa shape index (κ3) is 4.93. The third-order valence-corrected chi connectivity index (χ3v) is 5.94. The molecule has 1 aromatic heterocycles. The highest BCUT2D eigenvalue weighted by molar-refractivity contribution is 7.10. The van der Waals surface area contributed by atoms with Crippen molar-refractivity contribution in [3.05, 3.63) is 57.8 Å². The van der Waals surface area contributed by atoms with Crippen LogP contribution < -0.4 is 10.6 Å². The van der Waals surface area contributed by atoms with Gasteiger partial charge in [-0.15, -0.1) is 11.3 Å². The fourth-order valence-corrected chi connectivity index (χ4v) is 4.27. The van der Waals surface area contributed by atoms with Crippen molar-refractivity contribution in [2.24, 2.45) is 0 Å². The summed E-state index contributed by atoms with van der Waals surface area (Å²) in [7, 11) is 0. The lowest BCUT2D eigenvalue weighted by atomic mass is 9.95. The quantitative estimate of drug-likeness (QED) is 0.796. The van der Waals surface area contributed by atoms with Gasteiger partial charge in [0.15, 0.2) is 0 Å². The van der Waals surface area contributed by atoms with Gasteiger partial charge in [0.1, 0.15) is 0 Å². The molecular weight excluding hydrogens is 328 g/mol. The standard InChI is InChI=1S/C21H28N2OS/c1-15-10-12-17(13-11-15)20(19-9-6-14-25-19)22-16(2)21(24)23-18-7-4-3-5-8-18/h6,9-14,16,18,20,22H,3-5,7-8H2,1-2H3,(H,23,24)/t16-,20-/m0/s1. The van der Waals surface area contributed by atoms with Gasteiger partial charge in [-0.25, -0.2) is 0 Å². The Labute approximate surface area is 154 Å².